The molecule has 1 aromatic carbocycles. The number of hydrogen-bond donors (Lipinski definition) is 2. The van der Waals surface area contributed by atoms with Crippen molar-refractivity contribution in [1.29, 1.82) is 0 Å². The van der Waals surface area contributed by atoms with Gasteiger partial charge >= 0.3 is 0 Å². The summed E-state index contributed by atoms with van der Waals surface area (Å²) in [6, 6.07) is 5.66. The molecule has 1 atom stereocenters. The molecule has 1 aliphatic rings. The molecule has 30 heavy (non-hydrogen) atoms. The molecule has 164 valence electrons. The Hall–Kier alpha value is -2.23. The smallest absolute Gasteiger partial charge is 0.252 e. The summed E-state index contributed by atoms with van der Waals surface area (Å²) in [5, 5.41) is 3.18. The van der Waals surface area contributed by atoms with Crippen LogP contribution in [0.3, 0.4) is 0 Å². The number of aromatic amines is 1. The first-order chi connectivity index (χ1) is 14.3. The number of sulfonamides is 1. The van der Waals surface area contributed by atoms with Gasteiger partial charge in [0.1, 0.15) is 0 Å². The number of fused-ring (bicyclic) bond motifs is 1. The van der Waals surface area contributed by atoms with Crippen molar-refractivity contribution in [2.24, 2.45) is 0 Å². The Balaban J connectivity index is 1.93. The summed E-state index contributed by atoms with van der Waals surface area (Å²) in [5.74, 6) is -0.413. The molecular weight excluding hydrogens is 406 g/mol. The first kappa shape index (κ1) is 22.5. The molecule has 1 saturated heterocycles. The largest absolute Gasteiger partial charge is 0.382 e. The van der Waals surface area contributed by atoms with Crippen LogP contribution in [0.15, 0.2) is 34.0 Å². The van der Waals surface area contributed by atoms with Crippen LogP contribution in [0, 0.1) is 0 Å². The number of hydrogen-bond acceptors (Lipinski definition) is 5. The second-order valence-corrected chi connectivity index (χ2v) is 9.41. The van der Waals surface area contributed by atoms with Crippen LogP contribution in [0.1, 0.15) is 49.9 Å². The van der Waals surface area contributed by atoms with Gasteiger partial charge in [0.05, 0.1) is 10.5 Å². The minimum Gasteiger partial charge on any atom is -0.382 e. The molecule has 0 saturated carbocycles. The maximum absolute atomic E-state index is 13.2. The van der Waals surface area contributed by atoms with Crippen molar-refractivity contribution in [2.75, 3.05) is 26.3 Å². The second-order valence-electron chi connectivity index (χ2n) is 7.52. The molecule has 1 aromatic heterocycles. The van der Waals surface area contributed by atoms with Crippen molar-refractivity contribution >= 4 is 26.8 Å². The van der Waals surface area contributed by atoms with E-state index in [9.17, 15) is 18.0 Å². The summed E-state index contributed by atoms with van der Waals surface area (Å²) < 4.78 is 33.2. The fourth-order valence-electron chi connectivity index (χ4n) is 3.76. The number of rotatable bonds is 8. The summed E-state index contributed by atoms with van der Waals surface area (Å²) in [4.78, 5) is 27.5. The normalized spacial score (nSPS) is 17.9. The Morgan fingerprint density at radius 1 is 1.30 bits per heavy atom. The maximum Gasteiger partial charge on any atom is 0.252 e. The number of aromatic nitrogens is 1. The van der Waals surface area contributed by atoms with E-state index in [1.807, 2.05) is 13.8 Å². The van der Waals surface area contributed by atoms with Gasteiger partial charge < -0.3 is 15.0 Å². The molecule has 0 spiro atoms. The van der Waals surface area contributed by atoms with E-state index in [0.717, 1.165) is 19.3 Å². The number of benzene rings is 1. The molecule has 2 aromatic rings. The zero-order valence-electron chi connectivity index (χ0n) is 17.4. The second kappa shape index (κ2) is 9.72. The number of amides is 1. The summed E-state index contributed by atoms with van der Waals surface area (Å²) in [6.45, 7) is 5.84. The molecule has 1 aliphatic heterocycles. The minimum absolute atomic E-state index is 0.0665. The Morgan fingerprint density at radius 2 is 2.10 bits per heavy atom. The Labute approximate surface area is 176 Å². The highest BCUT2D eigenvalue weighted by atomic mass is 32.2. The molecule has 2 heterocycles. The molecule has 1 unspecified atom stereocenters. The van der Waals surface area contributed by atoms with Crippen LogP contribution in [-0.2, 0) is 14.8 Å². The van der Waals surface area contributed by atoms with Crippen LogP contribution in [0.2, 0.25) is 0 Å². The predicted molar refractivity (Wildman–Crippen MR) is 115 cm³/mol. The van der Waals surface area contributed by atoms with Crippen LogP contribution >= 0.6 is 0 Å². The van der Waals surface area contributed by atoms with E-state index < -0.39 is 21.5 Å². The highest BCUT2D eigenvalue weighted by Gasteiger charge is 2.31. The third-order valence-corrected chi connectivity index (χ3v) is 7.37. The van der Waals surface area contributed by atoms with Crippen molar-refractivity contribution in [2.45, 2.75) is 50.5 Å². The van der Waals surface area contributed by atoms with Gasteiger partial charge in [-0.1, -0.05) is 6.42 Å². The number of ether oxygens (including phenoxy) is 1. The summed E-state index contributed by atoms with van der Waals surface area (Å²) in [7, 11) is -3.69. The van der Waals surface area contributed by atoms with Gasteiger partial charge in [-0.3, -0.25) is 9.59 Å². The van der Waals surface area contributed by atoms with E-state index in [1.54, 1.807) is 6.07 Å². The zero-order chi connectivity index (χ0) is 21.7. The quantitative estimate of drug-likeness (QED) is 0.618. The molecule has 2 N–H and O–H groups in total. The van der Waals surface area contributed by atoms with Crippen LogP contribution < -0.4 is 10.9 Å². The Kier molecular flexibility index (Phi) is 7.27. The summed E-state index contributed by atoms with van der Waals surface area (Å²) in [6.07, 6.45) is 3.32. The first-order valence-corrected chi connectivity index (χ1v) is 11.8. The van der Waals surface area contributed by atoms with E-state index in [1.165, 1.54) is 22.5 Å². The number of pyridine rings is 1. The van der Waals surface area contributed by atoms with Gasteiger partial charge in [0.2, 0.25) is 15.6 Å². The number of nitrogens with one attached hydrogen (secondary N) is 2. The highest BCUT2D eigenvalue weighted by molar-refractivity contribution is 7.89. The van der Waals surface area contributed by atoms with Gasteiger partial charge in [0.25, 0.3) is 5.91 Å². The number of nitrogens with zero attached hydrogens (tertiary/aromatic N) is 1. The molecule has 0 radical (unpaired) electrons. The summed E-state index contributed by atoms with van der Waals surface area (Å²) >= 11 is 0. The maximum atomic E-state index is 13.2. The van der Waals surface area contributed by atoms with Gasteiger partial charge in [0.15, 0.2) is 0 Å². The number of carbonyl (C=O) groups is 1. The SMILES string of the molecule is CCOCCCNC(=O)c1cc(=O)[nH]c2ccc(S(=O)(=O)N3CCCCC3C)cc12. The van der Waals surface area contributed by atoms with Crippen LogP contribution in [0.25, 0.3) is 10.9 Å². The average Bonchev–Trinajstić information content (AvgIpc) is 2.72. The number of H-pyrrole nitrogens is 1. The van der Waals surface area contributed by atoms with Gasteiger partial charge in [-0.25, -0.2) is 8.42 Å². The third kappa shape index (κ3) is 4.91. The van der Waals surface area contributed by atoms with Gasteiger partial charge in [-0.2, -0.15) is 4.31 Å². The van der Waals surface area contributed by atoms with Gasteiger partial charge in [0, 0.05) is 49.3 Å². The van der Waals surface area contributed by atoms with E-state index in [0.29, 0.717) is 43.6 Å². The minimum atomic E-state index is -3.69. The van der Waals surface area contributed by atoms with Crippen molar-refractivity contribution in [3.05, 3.63) is 40.2 Å². The lowest BCUT2D eigenvalue weighted by molar-refractivity contribution is 0.0945. The summed E-state index contributed by atoms with van der Waals surface area (Å²) in [5.41, 5.74) is 0.170. The standard InChI is InChI=1S/C21H29N3O5S/c1-3-29-12-6-10-22-21(26)18-14-20(25)23-19-9-8-16(13-17(18)19)30(27,28)24-11-5-4-7-15(24)2/h8-9,13-15H,3-7,10-12H2,1-2H3,(H,22,26)(H,23,25). The molecule has 3 rings (SSSR count). The predicted octanol–water partition coefficient (Wildman–Crippen LogP) is 2.25. The van der Waals surface area contributed by atoms with Crippen molar-refractivity contribution in [3.63, 3.8) is 0 Å². The fraction of sp³-hybridized carbons (Fsp3) is 0.524. The van der Waals surface area contributed by atoms with E-state index >= 15 is 0 Å². The molecule has 9 heteroatoms. The molecule has 1 amide bonds. The van der Waals surface area contributed by atoms with Crippen LogP contribution in [0.4, 0.5) is 0 Å². The topological polar surface area (TPSA) is 109 Å². The number of carbonyl (C=O) groups excluding carboxylic acids is 1. The molecule has 8 nitrogen and oxygen atoms in total. The van der Waals surface area contributed by atoms with Gasteiger partial charge in [-0.15, -0.1) is 0 Å². The Bertz CT molecular complexity index is 1060. The lowest BCUT2D eigenvalue weighted by atomic mass is 10.1. The van der Waals surface area contributed by atoms with Crippen molar-refractivity contribution < 1.29 is 17.9 Å². The van der Waals surface area contributed by atoms with Gasteiger partial charge in [-0.05, 0) is 51.3 Å². The monoisotopic (exact) mass is 435 g/mol. The molecule has 0 bridgehead atoms. The molecule has 1 fully saturated rings. The lowest BCUT2D eigenvalue weighted by Crippen LogP contribution is -2.41. The van der Waals surface area contributed by atoms with E-state index in [2.05, 4.69) is 10.3 Å². The number of piperidine rings is 1. The lowest BCUT2D eigenvalue weighted by Gasteiger charge is -2.32. The zero-order valence-corrected chi connectivity index (χ0v) is 18.3. The van der Waals surface area contributed by atoms with Crippen LogP contribution in [-0.4, -0.2) is 56.0 Å². The third-order valence-electron chi connectivity index (χ3n) is 5.36. The van der Waals surface area contributed by atoms with Crippen molar-refractivity contribution in [1.82, 2.24) is 14.6 Å². The first-order valence-electron chi connectivity index (χ1n) is 10.4. The fourth-order valence-corrected chi connectivity index (χ4v) is 5.49. The average molecular weight is 436 g/mol. The van der Waals surface area contributed by atoms with E-state index in [4.69, 9.17) is 4.74 Å². The Morgan fingerprint density at radius 3 is 2.83 bits per heavy atom. The van der Waals surface area contributed by atoms with E-state index in [-0.39, 0.29) is 16.5 Å². The molecular formula is C21H29N3O5S. The molecule has 0 aliphatic carbocycles. The van der Waals surface area contributed by atoms with Crippen LogP contribution in [0.5, 0.6) is 0 Å². The van der Waals surface area contributed by atoms with Crippen molar-refractivity contribution in [3.8, 4) is 0 Å². The highest BCUT2D eigenvalue weighted by Crippen LogP contribution is 2.27.